The Kier molecular flexibility index (Phi) is 3.94. The molecule has 0 saturated carbocycles. The number of carbonyl (C=O) groups excluding carboxylic acids is 1. The van der Waals surface area contributed by atoms with Crippen LogP contribution < -0.4 is 5.32 Å². The van der Waals surface area contributed by atoms with E-state index in [-0.39, 0.29) is 5.91 Å². The lowest BCUT2D eigenvalue weighted by Crippen LogP contribution is -2.23. The zero-order chi connectivity index (χ0) is 13.0. The molecule has 0 spiro atoms. The molecule has 0 bridgehead atoms. The second-order valence-electron chi connectivity index (χ2n) is 3.71. The summed E-state index contributed by atoms with van der Waals surface area (Å²) in [5.74, 6) is -0.169. The Balaban J connectivity index is 2.11. The van der Waals surface area contributed by atoms with E-state index in [4.69, 9.17) is 0 Å². The van der Waals surface area contributed by atoms with Crippen molar-refractivity contribution < 1.29 is 4.79 Å². The summed E-state index contributed by atoms with van der Waals surface area (Å²) in [4.78, 5) is 11.8. The summed E-state index contributed by atoms with van der Waals surface area (Å²) in [6.07, 6.45) is 3.24. The van der Waals surface area contributed by atoms with Crippen molar-refractivity contribution in [3.8, 4) is 5.69 Å². The number of nitrogens with zero attached hydrogens (tertiary/aromatic N) is 2. The summed E-state index contributed by atoms with van der Waals surface area (Å²) in [6.45, 7) is 4.05. The highest BCUT2D eigenvalue weighted by atomic mass is 79.9. The standard InChI is InChI=1S/C13H12BrN3O/c1-10(14)7-15-13(18)11-8-16-17(9-11)12-5-3-2-4-6-12/h2-6,8-9H,1,7H2,(H,15,18). The molecule has 0 unspecified atom stereocenters. The quantitative estimate of drug-likeness (QED) is 0.943. The fourth-order valence-corrected chi connectivity index (χ4v) is 1.58. The van der Waals surface area contributed by atoms with Crippen LogP contribution in [0.2, 0.25) is 0 Å². The summed E-state index contributed by atoms with van der Waals surface area (Å²) < 4.78 is 2.39. The van der Waals surface area contributed by atoms with Crippen molar-refractivity contribution in [1.82, 2.24) is 15.1 Å². The molecule has 0 radical (unpaired) electrons. The van der Waals surface area contributed by atoms with E-state index in [0.717, 1.165) is 10.2 Å². The molecule has 0 saturated heterocycles. The normalized spacial score (nSPS) is 10.1. The summed E-state index contributed by atoms with van der Waals surface area (Å²) >= 11 is 3.19. The molecule has 1 N–H and O–H groups in total. The fourth-order valence-electron chi connectivity index (χ4n) is 1.44. The van der Waals surface area contributed by atoms with Crippen LogP contribution in [0.3, 0.4) is 0 Å². The van der Waals surface area contributed by atoms with E-state index < -0.39 is 0 Å². The summed E-state index contributed by atoms with van der Waals surface area (Å²) in [7, 11) is 0. The molecular weight excluding hydrogens is 294 g/mol. The van der Waals surface area contributed by atoms with Gasteiger partial charge in [0.1, 0.15) is 0 Å². The van der Waals surface area contributed by atoms with E-state index >= 15 is 0 Å². The zero-order valence-corrected chi connectivity index (χ0v) is 11.2. The van der Waals surface area contributed by atoms with E-state index in [1.54, 1.807) is 17.1 Å². The number of halogens is 1. The molecular formula is C13H12BrN3O. The molecule has 1 aromatic carbocycles. The first kappa shape index (κ1) is 12.6. The second kappa shape index (κ2) is 5.64. The van der Waals surface area contributed by atoms with Gasteiger partial charge in [-0.2, -0.15) is 5.10 Å². The van der Waals surface area contributed by atoms with E-state index in [1.165, 1.54) is 0 Å². The molecule has 0 atom stereocenters. The lowest BCUT2D eigenvalue weighted by Gasteiger charge is -2.01. The molecule has 1 amide bonds. The zero-order valence-electron chi connectivity index (χ0n) is 9.64. The second-order valence-corrected chi connectivity index (χ2v) is 4.83. The third kappa shape index (κ3) is 3.07. The molecule has 0 aliphatic heterocycles. The highest BCUT2D eigenvalue weighted by Gasteiger charge is 2.08. The minimum atomic E-state index is -0.169. The van der Waals surface area contributed by atoms with Crippen molar-refractivity contribution >= 4 is 21.8 Å². The number of benzene rings is 1. The molecule has 0 fully saturated rings. The summed E-state index contributed by atoms with van der Waals surface area (Å²) in [6, 6.07) is 9.63. The number of hydrogen-bond donors (Lipinski definition) is 1. The lowest BCUT2D eigenvalue weighted by molar-refractivity contribution is 0.0958. The molecule has 0 aliphatic rings. The number of amides is 1. The number of hydrogen-bond acceptors (Lipinski definition) is 2. The van der Waals surface area contributed by atoms with Gasteiger partial charge in [-0.1, -0.05) is 40.7 Å². The molecule has 5 heteroatoms. The van der Waals surface area contributed by atoms with Gasteiger partial charge < -0.3 is 5.32 Å². The van der Waals surface area contributed by atoms with Gasteiger partial charge >= 0.3 is 0 Å². The van der Waals surface area contributed by atoms with Crippen molar-refractivity contribution in [3.05, 3.63) is 59.4 Å². The van der Waals surface area contributed by atoms with E-state index in [0.29, 0.717) is 12.1 Å². The van der Waals surface area contributed by atoms with Crippen LogP contribution in [0.25, 0.3) is 5.69 Å². The van der Waals surface area contributed by atoms with Crippen molar-refractivity contribution in [2.75, 3.05) is 6.54 Å². The Morgan fingerprint density at radius 3 is 2.78 bits per heavy atom. The smallest absolute Gasteiger partial charge is 0.254 e. The van der Waals surface area contributed by atoms with Crippen molar-refractivity contribution in [2.45, 2.75) is 0 Å². The van der Waals surface area contributed by atoms with Crippen LogP contribution in [0.15, 0.2) is 53.8 Å². The van der Waals surface area contributed by atoms with E-state index in [9.17, 15) is 4.79 Å². The maximum atomic E-state index is 11.8. The van der Waals surface area contributed by atoms with Crippen molar-refractivity contribution in [3.63, 3.8) is 0 Å². The predicted molar refractivity (Wildman–Crippen MR) is 74.0 cm³/mol. The fraction of sp³-hybridized carbons (Fsp3) is 0.0769. The summed E-state index contributed by atoms with van der Waals surface area (Å²) in [5.41, 5.74) is 1.44. The van der Waals surface area contributed by atoms with Gasteiger partial charge in [0, 0.05) is 17.2 Å². The molecule has 1 aromatic heterocycles. The molecule has 18 heavy (non-hydrogen) atoms. The minimum absolute atomic E-state index is 0.169. The number of para-hydroxylation sites is 1. The van der Waals surface area contributed by atoms with E-state index in [1.807, 2.05) is 30.3 Å². The Morgan fingerprint density at radius 2 is 2.11 bits per heavy atom. The summed E-state index contributed by atoms with van der Waals surface area (Å²) in [5, 5.41) is 6.88. The Bertz CT molecular complexity index is 563. The van der Waals surface area contributed by atoms with Gasteiger partial charge in [0.2, 0.25) is 0 Å². The molecule has 0 aliphatic carbocycles. The van der Waals surface area contributed by atoms with Crippen LogP contribution >= 0.6 is 15.9 Å². The van der Waals surface area contributed by atoms with Gasteiger partial charge in [0.05, 0.1) is 17.4 Å². The maximum absolute atomic E-state index is 11.8. The SMILES string of the molecule is C=C(Br)CNC(=O)c1cnn(-c2ccccc2)c1. The number of rotatable bonds is 4. The van der Waals surface area contributed by atoms with Crippen LogP contribution in [0.4, 0.5) is 0 Å². The van der Waals surface area contributed by atoms with Crippen LogP contribution in [0.5, 0.6) is 0 Å². The minimum Gasteiger partial charge on any atom is -0.347 e. The van der Waals surface area contributed by atoms with Crippen LogP contribution in [-0.2, 0) is 0 Å². The molecule has 1 heterocycles. The molecule has 2 rings (SSSR count). The first-order chi connectivity index (χ1) is 8.66. The Hall–Kier alpha value is -1.88. The monoisotopic (exact) mass is 305 g/mol. The number of nitrogens with one attached hydrogen (secondary N) is 1. The molecule has 2 aromatic rings. The Labute approximate surface area is 113 Å². The van der Waals surface area contributed by atoms with Crippen LogP contribution in [0.1, 0.15) is 10.4 Å². The molecule has 4 nitrogen and oxygen atoms in total. The largest absolute Gasteiger partial charge is 0.347 e. The third-order valence-electron chi connectivity index (χ3n) is 2.31. The highest BCUT2D eigenvalue weighted by molar-refractivity contribution is 9.11. The average Bonchev–Trinajstić information content (AvgIpc) is 2.86. The Morgan fingerprint density at radius 1 is 1.39 bits per heavy atom. The van der Waals surface area contributed by atoms with Crippen LogP contribution in [-0.4, -0.2) is 22.2 Å². The van der Waals surface area contributed by atoms with Gasteiger partial charge in [-0.15, -0.1) is 0 Å². The predicted octanol–water partition coefficient (Wildman–Crippen LogP) is 2.51. The van der Waals surface area contributed by atoms with Crippen molar-refractivity contribution in [1.29, 1.82) is 0 Å². The van der Waals surface area contributed by atoms with Gasteiger partial charge in [0.15, 0.2) is 0 Å². The average molecular weight is 306 g/mol. The molecule has 92 valence electrons. The lowest BCUT2D eigenvalue weighted by atomic mass is 10.3. The first-order valence-electron chi connectivity index (χ1n) is 5.38. The van der Waals surface area contributed by atoms with E-state index in [2.05, 4.69) is 32.9 Å². The highest BCUT2D eigenvalue weighted by Crippen LogP contribution is 2.07. The van der Waals surface area contributed by atoms with Crippen molar-refractivity contribution in [2.24, 2.45) is 0 Å². The third-order valence-corrected chi connectivity index (χ3v) is 2.59. The van der Waals surface area contributed by atoms with Gasteiger partial charge in [0.25, 0.3) is 5.91 Å². The van der Waals surface area contributed by atoms with Gasteiger partial charge in [-0.05, 0) is 12.1 Å². The number of aromatic nitrogens is 2. The number of carbonyl (C=O) groups is 1. The van der Waals surface area contributed by atoms with Gasteiger partial charge in [-0.25, -0.2) is 4.68 Å². The van der Waals surface area contributed by atoms with Gasteiger partial charge in [-0.3, -0.25) is 4.79 Å². The van der Waals surface area contributed by atoms with Crippen LogP contribution in [0, 0.1) is 0 Å². The topological polar surface area (TPSA) is 46.9 Å². The maximum Gasteiger partial charge on any atom is 0.254 e. The first-order valence-corrected chi connectivity index (χ1v) is 6.17.